The van der Waals surface area contributed by atoms with Crippen LogP contribution in [0.25, 0.3) is 0 Å². The Balaban J connectivity index is 2.03. The fourth-order valence-electron chi connectivity index (χ4n) is 4.54. The second kappa shape index (κ2) is 7.34. The summed E-state index contributed by atoms with van der Waals surface area (Å²) in [5.74, 6) is 0.474. The van der Waals surface area contributed by atoms with Gasteiger partial charge >= 0.3 is 0 Å². The van der Waals surface area contributed by atoms with E-state index in [1.807, 2.05) is 47.5 Å². The molecule has 0 fully saturated rings. The lowest BCUT2D eigenvalue weighted by Gasteiger charge is -2.43. The van der Waals surface area contributed by atoms with Crippen molar-refractivity contribution < 1.29 is 14.5 Å². The summed E-state index contributed by atoms with van der Waals surface area (Å²) in [5, 5.41) is 10.1. The number of H-pyrrole nitrogens is 1. The van der Waals surface area contributed by atoms with Crippen LogP contribution in [-0.2, 0) is 4.79 Å². The molecular formula is C24H25N4O2+. The van der Waals surface area contributed by atoms with Crippen molar-refractivity contribution in [3.05, 3.63) is 77.0 Å². The van der Waals surface area contributed by atoms with Crippen LogP contribution >= 0.6 is 0 Å². The molecular weight excluding hydrogens is 376 g/mol. The number of nitrogens with one attached hydrogen (secondary N) is 1. The van der Waals surface area contributed by atoms with Gasteiger partial charge in [0.05, 0.1) is 24.7 Å². The molecule has 1 atom stereocenters. The minimum Gasteiger partial charge on any atom is -0.496 e. The molecule has 4 rings (SSSR count). The van der Waals surface area contributed by atoms with Crippen LogP contribution in [0.5, 0.6) is 5.75 Å². The average molecular weight is 401 g/mol. The van der Waals surface area contributed by atoms with Crippen molar-refractivity contribution in [3.63, 3.8) is 0 Å². The zero-order chi connectivity index (χ0) is 21.5. The first-order valence-corrected chi connectivity index (χ1v) is 9.93. The van der Waals surface area contributed by atoms with E-state index in [1.165, 1.54) is 0 Å². The molecule has 1 aromatic carbocycles. The number of hydrogen-bond donors (Lipinski definition) is 1. The molecule has 30 heavy (non-hydrogen) atoms. The summed E-state index contributed by atoms with van der Waals surface area (Å²) in [6.45, 7) is 4.17. The molecule has 0 bridgehead atoms. The third-order valence-electron chi connectivity index (χ3n) is 5.78. The number of Topliss-reactive ketones (excluding diaryl/α,β-unsaturated/α-hetero) is 1. The number of hydrogen-bond acceptors (Lipinski definition) is 5. The molecule has 2 heterocycles. The number of ether oxygens (including phenoxy) is 1. The first kappa shape index (κ1) is 19.7. The third kappa shape index (κ3) is 3.13. The quantitative estimate of drug-likeness (QED) is 0.850. The van der Waals surface area contributed by atoms with Crippen molar-refractivity contribution >= 4 is 11.5 Å². The van der Waals surface area contributed by atoms with Gasteiger partial charge in [0.1, 0.15) is 17.3 Å². The van der Waals surface area contributed by atoms with Gasteiger partial charge in [-0.15, -0.1) is 0 Å². The summed E-state index contributed by atoms with van der Waals surface area (Å²) in [6.07, 6.45) is 4.72. The van der Waals surface area contributed by atoms with Crippen LogP contribution in [0, 0.1) is 16.7 Å². The highest BCUT2D eigenvalue weighted by molar-refractivity contribution is 6.01. The predicted molar refractivity (Wildman–Crippen MR) is 113 cm³/mol. The van der Waals surface area contributed by atoms with Crippen LogP contribution in [0.3, 0.4) is 0 Å². The fraction of sp³-hybridized carbons (Fsp3) is 0.292. The highest BCUT2D eigenvalue weighted by Crippen LogP contribution is 2.51. The smallest absolute Gasteiger partial charge is 0.191 e. The Hall–Kier alpha value is -3.59. The lowest BCUT2D eigenvalue weighted by Crippen LogP contribution is -2.42. The van der Waals surface area contributed by atoms with E-state index in [4.69, 9.17) is 10.5 Å². The highest BCUT2D eigenvalue weighted by atomic mass is 16.5. The summed E-state index contributed by atoms with van der Waals surface area (Å²) >= 11 is 0. The number of nitrogens with two attached hydrogens (primary N) is 1. The Bertz CT molecular complexity index is 1110. The van der Waals surface area contributed by atoms with E-state index in [0.29, 0.717) is 35.6 Å². The molecule has 6 heteroatoms. The molecule has 0 spiro atoms. The van der Waals surface area contributed by atoms with E-state index in [2.05, 4.69) is 24.9 Å². The Morgan fingerprint density at radius 2 is 2.00 bits per heavy atom. The van der Waals surface area contributed by atoms with Gasteiger partial charge in [0, 0.05) is 29.3 Å². The van der Waals surface area contributed by atoms with Gasteiger partial charge in [0.15, 0.2) is 18.2 Å². The lowest BCUT2D eigenvalue weighted by molar-refractivity contribution is -0.377. The maximum absolute atomic E-state index is 13.5. The van der Waals surface area contributed by atoms with Crippen LogP contribution in [0.1, 0.15) is 38.2 Å². The number of allylic oxidation sites excluding steroid dienone is 3. The number of pyridine rings is 1. The number of carbonyl (C=O) groups is 1. The molecule has 1 aliphatic carbocycles. The van der Waals surface area contributed by atoms with E-state index in [9.17, 15) is 10.1 Å². The number of ketones is 1. The SMILES string of the molecule is COc1ccccc1C1C(C#N)=C(N)N(c2ccc[nH+]c2)C2=C1C(=O)CC(C)(C)C2. The summed E-state index contributed by atoms with van der Waals surface area (Å²) in [7, 11) is 1.59. The zero-order valence-electron chi connectivity index (χ0n) is 17.4. The topological polar surface area (TPSA) is 93.5 Å². The highest BCUT2D eigenvalue weighted by Gasteiger charge is 2.45. The van der Waals surface area contributed by atoms with Gasteiger partial charge in [0.2, 0.25) is 0 Å². The molecule has 1 aliphatic heterocycles. The van der Waals surface area contributed by atoms with Crippen LogP contribution < -0.4 is 20.4 Å². The number of benzene rings is 1. The molecule has 0 amide bonds. The Kier molecular flexibility index (Phi) is 4.83. The second-order valence-electron chi connectivity index (χ2n) is 8.48. The Morgan fingerprint density at radius 3 is 2.67 bits per heavy atom. The van der Waals surface area contributed by atoms with E-state index in [-0.39, 0.29) is 11.2 Å². The molecule has 3 N–H and O–H groups in total. The molecule has 2 aliphatic rings. The standard InChI is InChI=1S/C24H24N4O2/c1-24(2)11-18-22(19(29)12-24)21(16-8-4-5-9-20(16)30-3)17(13-25)23(26)28(18)15-7-6-10-27-14-15/h4-10,14,21H,11-12,26H2,1-3H3/p+1. The van der Waals surface area contributed by atoms with Crippen molar-refractivity contribution in [3.8, 4) is 11.8 Å². The summed E-state index contributed by atoms with van der Waals surface area (Å²) in [5.41, 5.74) is 9.81. The summed E-state index contributed by atoms with van der Waals surface area (Å²) < 4.78 is 5.57. The van der Waals surface area contributed by atoms with E-state index < -0.39 is 5.92 Å². The number of aromatic amines is 1. The molecule has 0 saturated carbocycles. The predicted octanol–water partition coefficient (Wildman–Crippen LogP) is 3.45. The minimum atomic E-state index is -0.548. The number of rotatable bonds is 3. The normalized spacial score (nSPS) is 20.7. The van der Waals surface area contributed by atoms with Crippen LogP contribution in [0.15, 0.2) is 71.5 Å². The van der Waals surface area contributed by atoms with Gasteiger partial charge < -0.3 is 10.5 Å². The number of carbonyl (C=O) groups excluding carboxylic acids is 1. The molecule has 6 nitrogen and oxygen atoms in total. The second-order valence-corrected chi connectivity index (χ2v) is 8.48. The van der Waals surface area contributed by atoms with Gasteiger partial charge in [0.25, 0.3) is 0 Å². The molecule has 1 aromatic heterocycles. The zero-order valence-corrected chi connectivity index (χ0v) is 17.4. The van der Waals surface area contributed by atoms with Gasteiger partial charge in [-0.25, -0.2) is 4.98 Å². The number of aromatic nitrogens is 1. The summed E-state index contributed by atoms with van der Waals surface area (Å²) in [4.78, 5) is 18.4. The maximum atomic E-state index is 13.5. The van der Waals surface area contributed by atoms with Crippen molar-refractivity contribution in [2.45, 2.75) is 32.6 Å². The number of methoxy groups -OCH3 is 1. The van der Waals surface area contributed by atoms with Crippen LogP contribution in [-0.4, -0.2) is 12.9 Å². The first-order chi connectivity index (χ1) is 14.4. The molecule has 152 valence electrons. The van der Waals surface area contributed by atoms with E-state index >= 15 is 0 Å². The lowest BCUT2D eigenvalue weighted by atomic mass is 9.68. The molecule has 0 radical (unpaired) electrons. The van der Waals surface area contributed by atoms with Crippen LogP contribution in [0.4, 0.5) is 5.69 Å². The van der Waals surface area contributed by atoms with Crippen molar-refractivity contribution in [1.29, 1.82) is 5.26 Å². The summed E-state index contributed by atoms with van der Waals surface area (Å²) in [6, 6.07) is 13.6. The average Bonchev–Trinajstić information content (AvgIpc) is 2.72. The van der Waals surface area contributed by atoms with E-state index in [1.54, 1.807) is 13.3 Å². The maximum Gasteiger partial charge on any atom is 0.191 e. The Morgan fingerprint density at radius 1 is 1.23 bits per heavy atom. The first-order valence-electron chi connectivity index (χ1n) is 9.93. The number of anilines is 1. The fourth-order valence-corrected chi connectivity index (χ4v) is 4.54. The number of nitriles is 1. The van der Waals surface area contributed by atoms with Gasteiger partial charge in [-0.1, -0.05) is 32.0 Å². The largest absolute Gasteiger partial charge is 0.496 e. The minimum absolute atomic E-state index is 0.0438. The van der Waals surface area contributed by atoms with E-state index in [0.717, 1.165) is 16.9 Å². The van der Waals surface area contributed by atoms with Crippen molar-refractivity contribution in [1.82, 2.24) is 0 Å². The van der Waals surface area contributed by atoms with Crippen molar-refractivity contribution in [2.24, 2.45) is 11.1 Å². The van der Waals surface area contributed by atoms with Gasteiger partial charge in [-0.05, 0) is 24.0 Å². The Labute approximate surface area is 176 Å². The molecule has 2 aromatic rings. The van der Waals surface area contributed by atoms with Gasteiger partial charge in [-0.2, -0.15) is 5.26 Å². The van der Waals surface area contributed by atoms with Gasteiger partial charge in [-0.3, -0.25) is 9.69 Å². The number of para-hydroxylation sites is 1. The number of nitrogens with zero attached hydrogens (tertiary/aromatic N) is 2. The molecule has 0 saturated heterocycles. The monoisotopic (exact) mass is 401 g/mol. The van der Waals surface area contributed by atoms with Crippen LogP contribution in [0.2, 0.25) is 0 Å². The molecule has 1 unspecified atom stereocenters. The third-order valence-corrected chi connectivity index (χ3v) is 5.78. The van der Waals surface area contributed by atoms with Crippen molar-refractivity contribution in [2.75, 3.05) is 12.0 Å².